The molecule has 1 aromatic rings. The second kappa shape index (κ2) is 6.64. The number of hydrogen-bond acceptors (Lipinski definition) is 2. The van der Waals surface area contributed by atoms with E-state index in [1.807, 2.05) is 6.20 Å². The van der Waals surface area contributed by atoms with Crippen LogP contribution in [0.15, 0.2) is 17.8 Å². The normalized spacial score (nSPS) is 19.5. The molecule has 1 heterocycles. The lowest BCUT2D eigenvalue weighted by atomic mass is 9.71. The van der Waals surface area contributed by atoms with Gasteiger partial charge in [0.15, 0.2) is 0 Å². The lowest BCUT2D eigenvalue weighted by Gasteiger charge is -2.34. The predicted molar refractivity (Wildman–Crippen MR) is 89.6 cm³/mol. The molecule has 0 aliphatic heterocycles. The zero-order valence-corrected chi connectivity index (χ0v) is 14.2. The molecular formula is C19H29NO. The molecule has 21 heavy (non-hydrogen) atoms. The lowest BCUT2D eigenvalue weighted by Crippen LogP contribution is -2.23. The highest BCUT2D eigenvalue weighted by molar-refractivity contribution is 5.61. The highest BCUT2D eigenvalue weighted by atomic mass is 16.5. The van der Waals surface area contributed by atoms with Gasteiger partial charge >= 0.3 is 0 Å². The van der Waals surface area contributed by atoms with Gasteiger partial charge in [-0.3, -0.25) is 4.98 Å². The molecule has 0 N–H and O–H groups in total. The third-order valence-electron chi connectivity index (χ3n) is 4.76. The summed E-state index contributed by atoms with van der Waals surface area (Å²) in [5, 5.41) is 0. The van der Waals surface area contributed by atoms with Gasteiger partial charge in [-0.15, -0.1) is 0 Å². The SMILES string of the molecule is CCc1nccc(C=C2CCC(C(C)(C)C)CC2)c1OC. The minimum atomic E-state index is 0.440. The van der Waals surface area contributed by atoms with Crippen molar-refractivity contribution in [3.8, 4) is 5.75 Å². The van der Waals surface area contributed by atoms with Crippen LogP contribution in [0.3, 0.4) is 0 Å². The fourth-order valence-electron chi connectivity index (χ4n) is 3.33. The largest absolute Gasteiger partial charge is 0.494 e. The Bertz CT molecular complexity index is 501. The van der Waals surface area contributed by atoms with Crippen molar-refractivity contribution in [3.63, 3.8) is 0 Å². The molecule has 0 atom stereocenters. The van der Waals surface area contributed by atoms with Gasteiger partial charge in [-0.05, 0) is 49.5 Å². The summed E-state index contributed by atoms with van der Waals surface area (Å²) in [6, 6.07) is 2.07. The van der Waals surface area contributed by atoms with Gasteiger partial charge in [0, 0.05) is 11.8 Å². The number of hydrogen-bond donors (Lipinski definition) is 0. The molecule has 0 aromatic carbocycles. The van der Waals surface area contributed by atoms with Gasteiger partial charge in [0.25, 0.3) is 0 Å². The van der Waals surface area contributed by atoms with Crippen molar-refractivity contribution in [2.24, 2.45) is 11.3 Å². The summed E-state index contributed by atoms with van der Waals surface area (Å²) in [5.74, 6) is 1.80. The van der Waals surface area contributed by atoms with Crippen molar-refractivity contribution in [1.82, 2.24) is 4.98 Å². The number of methoxy groups -OCH3 is 1. The zero-order valence-electron chi connectivity index (χ0n) is 14.2. The standard InChI is InChI=1S/C19H29NO/c1-6-17-18(21-5)15(11-12-20-17)13-14-7-9-16(10-8-14)19(2,3)4/h11-13,16H,6-10H2,1-5H3. The van der Waals surface area contributed by atoms with E-state index in [0.717, 1.165) is 23.8 Å². The van der Waals surface area contributed by atoms with E-state index in [4.69, 9.17) is 4.74 Å². The number of aromatic nitrogens is 1. The molecule has 1 fully saturated rings. The Hall–Kier alpha value is -1.31. The maximum atomic E-state index is 5.58. The Morgan fingerprint density at radius 3 is 2.48 bits per heavy atom. The van der Waals surface area contributed by atoms with Crippen LogP contribution >= 0.6 is 0 Å². The van der Waals surface area contributed by atoms with Crippen molar-refractivity contribution >= 4 is 6.08 Å². The van der Waals surface area contributed by atoms with Crippen LogP contribution in [0.2, 0.25) is 0 Å². The lowest BCUT2D eigenvalue weighted by molar-refractivity contribution is 0.198. The Labute approximate surface area is 129 Å². The summed E-state index contributed by atoms with van der Waals surface area (Å²) < 4.78 is 5.58. The third kappa shape index (κ3) is 3.87. The van der Waals surface area contributed by atoms with E-state index in [2.05, 4.69) is 44.8 Å². The van der Waals surface area contributed by atoms with Crippen LogP contribution in [-0.2, 0) is 6.42 Å². The molecule has 0 spiro atoms. The average molecular weight is 287 g/mol. The molecule has 2 heteroatoms. The van der Waals surface area contributed by atoms with Crippen LogP contribution in [0.1, 0.15) is 64.6 Å². The molecule has 0 saturated heterocycles. The molecule has 0 amide bonds. The second-order valence-electron chi connectivity index (χ2n) is 7.18. The van der Waals surface area contributed by atoms with Crippen LogP contribution in [0.4, 0.5) is 0 Å². The molecule has 1 aliphatic carbocycles. The summed E-state index contributed by atoms with van der Waals surface area (Å²) in [5.41, 5.74) is 4.24. The Morgan fingerprint density at radius 1 is 1.29 bits per heavy atom. The fourth-order valence-corrected chi connectivity index (χ4v) is 3.33. The van der Waals surface area contributed by atoms with Gasteiger partial charge in [0.1, 0.15) is 5.75 Å². The highest BCUT2D eigenvalue weighted by Gasteiger charge is 2.27. The topological polar surface area (TPSA) is 22.1 Å². The molecule has 0 unspecified atom stereocenters. The molecule has 1 aromatic heterocycles. The Balaban J connectivity index is 2.15. The smallest absolute Gasteiger partial charge is 0.147 e. The first-order chi connectivity index (χ1) is 9.95. The number of allylic oxidation sites excluding steroid dienone is 1. The molecule has 1 saturated carbocycles. The van der Waals surface area contributed by atoms with Crippen molar-refractivity contribution in [3.05, 3.63) is 29.1 Å². The molecule has 2 rings (SSSR count). The fraction of sp³-hybridized carbons (Fsp3) is 0.632. The van der Waals surface area contributed by atoms with E-state index < -0.39 is 0 Å². The van der Waals surface area contributed by atoms with E-state index in [0.29, 0.717) is 5.41 Å². The minimum Gasteiger partial charge on any atom is -0.494 e. The summed E-state index contributed by atoms with van der Waals surface area (Å²) in [6.07, 6.45) is 10.2. The molecule has 0 bridgehead atoms. The zero-order chi connectivity index (χ0) is 15.5. The second-order valence-corrected chi connectivity index (χ2v) is 7.18. The maximum Gasteiger partial charge on any atom is 0.147 e. The quantitative estimate of drug-likeness (QED) is 0.755. The van der Waals surface area contributed by atoms with Crippen molar-refractivity contribution in [2.75, 3.05) is 7.11 Å². The Kier molecular flexibility index (Phi) is 5.08. The Morgan fingerprint density at radius 2 is 1.95 bits per heavy atom. The summed E-state index contributed by atoms with van der Waals surface area (Å²) in [6.45, 7) is 9.22. The number of ether oxygens (including phenoxy) is 1. The van der Waals surface area contributed by atoms with Gasteiger partial charge in [-0.25, -0.2) is 0 Å². The predicted octanol–water partition coefficient (Wildman–Crippen LogP) is 5.27. The van der Waals surface area contributed by atoms with Gasteiger partial charge in [-0.1, -0.05) is 39.3 Å². The van der Waals surface area contributed by atoms with Crippen LogP contribution in [0.25, 0.3) is 6.08 Å². The molecule has 0 radical (unpaired) electrons. The number of nitrogens with zero attached hydrogens (tertiary/aromatic N) is 1. The third-order valence-corrected chi connectivity index (χ3v) is 4.76. The average Bonchev–Trinajstić information content (AvgIpc) is 2.46. The van der Waals surface area contributed by atoms with Crippen LogP contribution in [-0.4, -0.2) is 12.1 Å². The van der Waals surface area contributed by atoms with Crippen molar-refractivity contribution < 1.29 is 4.74 Å². The van der Waals surface area contributed by atoms with E-state index in [-0.39, 0.29) is 0 Å². The van der Waals surface area contributed by atoms with E-state index >= 15 is 0 Å². The summed E-state index contributed by atoms with van der Waals surface area (Å²) >= 11 is 0. The van der Waals surface area contributed by atoms with E-state index in [1.54, 1.807) is 12.7 Å². The first-order valence-electron chi connectivity index (χ1n) is 8.17. The van der Waals surface area contributed by atoms with E-state index in [9.17, 15) is 0 Å². The van der Waals surface area contributed by atoms with Gasteiger partial charge < -0.3 is 4.74 Å². The van der Waals surface area contributed by atoms with Crippen molar-refractivity contribution in [1.29, 1.82) is 0 Å². The van der Waals surface area contributed by atoms with Gasteiger partial charge in [0.2, 0.25) is 0 Å². The molecule has 116 valence electrons. The summed E-state index contributed by atoms with van der Waals surface area (Å²) in [4.78, 5) is 4.41. The van der Waals surface area contributed by atoms with Crippen molar-refractivity contribution in [2.45, 2.75) is 59.8 Å². The van der Waals surface area contributed by atoms with Crippen LogP contribution in [0, 0.1) is 11.3 Å². The maximum absolute atomic E-state index is 5.58. The summed E-state index contributed by atoms with van der Waals surface area (Å²) in [7, 11) is 1.74. The minimum absolute atomic E-state index is 0.440. The monoisotopic (exact) mass is 287 g/mol. The van der Waals surface area contributed by atoms with Crippen LogP contribution in [0.5, 0.6) is 5.75 Å². The van der Waals surface area contributed by atoms with Gasteiger partial charge in [0.05, 0.1) is 12.8 Å². The van der Waals surface area contributed by atoms with Crippen LogP contribution < -0.4 is 4.74 Å². The number of aryl methyl sites for hydroxylation is 1. The molecule has 2 nitrogen and oxygen atoms in total. The van der Waals surface area contributed by atoms with E-state index in [1.165, 1.54) is 31.2 Å². The first kappa shape index (κ1) is 16.1. The first-order valence-corrected chi connectivity index (χ1v) is 8.17. The highest BCUT2D eigenvalue weighted by Crippen LogP contribution is 2.40. The number of rotatable bonds is 3. The van der Waals surface area contributed by atoms with Gasteiger partial charge in [-0.2, -0.15) is 0 Å². The molecular weight excluding hydrogens is 258 g/mol. The molecule has 1 aliphatic rings. The number of pyridine rings is 1.